The van der Waals surface area contributed by atoms with E-state index in [2.05, 4.69) is 5.32 Å². The number of aldehydes is 1. The summed E-state index contributed by atoms with van der Waals surface area (Å²) in [7, 11) is 1.32. The van der Waals surface area contributed by atoms with E-state index in [1.807, 2.05) is 0 Å². The molecule has 0 aliphatic heterocycles. The molecule has 0 saturated heterocycles. The molecule has 7 nitrogen and oxygen atoms in total. The third kappa shape index (κ3) is 3.46. The zero-order valence-corrected chi connectivity index (χ0v) is 11.2. The smallest absolute Gasteiger partial charge is 0.216 e. The molecule has 20 heavy (non-hydrogen) atoms. The van der Waals surface area contributed by atoms with Crippen molar-refractivity contribution in [2.75, 3.05) is 13.7 Å². The van der Waals surface area contributed by atoms with Crippen LogP contribution < -0.4 is 10.1 Å². The van der Waals surface area contributed by atoms with Crippen molar-refractivity contribution in [3.05, 3.63) is 23.3 Å². The number of carbonyl (C=O) groups is 2. The summed E-state index contributed by atoms with van der Waals surface area (Å²) in [6, 6.07) is 2.73. The number of phenols is 1. The molecule has 0 aliphatic carbocycles. The van der Waals surface area contributed by atoms with Crippen LogP contribution in [0.1, 0.15) is 28.9 Å². The number of nitrogens with one attached hydrogen (secondary N) is 1. The summed E-state index contributed by atoms with van der Waals surface area (Å²) >= 11 is 0. The number of methoxy groups -OCH3 is 1. The van der Waals surface area contributed by atoms with Crippen LogP contribution >= 0.6 is 0 Å². The van der Waals surface area contributed by atoms with Gasteiger partial charge in [-0.2, -0.15) is 0 Å². The zero-order chi connectivity index (χ0) is 15.3. The van der Waals surface area contributed by atoms with Crippen molar-refractivity contribution >= 4 is 12.2 Å². The Balaban J connectivity index is 3.03. The Kier molecular flexibility index (Phi) is 5.48. The van der Waals surface area contributed by atoms with Crippen molar-refractivity contribution in [2.45, 2.75) is 19.1 Å². The number of ether oxygens (including phenoxy) is 1. The van der Waals surface area contributed by atoms with Gasteiger partial charge in [-0.3, -0.25) is 9.59 Å². The van der Waals surface area contributed by atoms with Crippen LogP contribution in [0.2, 0.25) is 0 Å². The van der Waals surface area contributed by atoms with Gasteiger partial charge in [0, 0.05) is 13.5 Å². The minimum Gasteiger partial charge on any atom is -0.504 e. The van der Waals surface area contributed by atoms with E-state index in [0.29, 0.717) is 6.29 Å². The summed E-state index contributed by atoms with van der Waals surface area (Å²) in [5.74, 6) is -0.686. The second-order valence-corrected chi connectivity index (χ2v) is 4.19. The van der Waals surface area contributed by atoms with Gasteiger partial charge in [0.1, 0.15) is 12.2 Å². The van der Waals surface area contributed by atoms with Crippen molar-refractivity contribution in [1.29, 1.82) is 0 Å². The summed E-state index contributed by atoms with van der Waals surface area (Å²) in [5.41, 5.74) is -0.116. The van der Waals surface area contributed by atoms with Crippen molar-refractivity contribution in [1.82, 2.24) is 5.32 Å². The van der Waals surface area contributed by atoms with Crippen LogP contribution in [0.4, 0.5) is 0 Å². The van der Waals surface area contributed by atoms with Gasteiger partial charge >= 0.3 is 0 Å². The highest BCUT2D eigenvalue weighted by Gasteiger charge is 2.24. The zero-order valence-electron chi connectivity index (χ0n) is 11.2. The molecule has 4 N–H and O–H groups in total. The quantitative estimate of drug-likeness (QED) is 0.535. The van der Waals surface area contributed by atoms with Crippen molar-refractivity contribution < 1.29 is 29.6 Å². The predicted molar refractivity (Wildman–Crippen MR) is 69.7 cm³/mol. The molecule has 0 fully saturated rings. The molecule has 0 aliphatic rings. The standard InChI is InChI=1S/C13H17NO6/c1-7(16)14-5-10(17)12(18)8-3-4-11(20-2)13(19)9(8)6-15/h3-4,6,10,12,17-19H,5H2,1-2H3,(H,14,16). The van der Waals surface area contributed by atoms with E-state index in [0.717, 1.165) is 0 Å². The number of aromatic hydroxyl groups is 1. The fraction of sp³-hybridized carbons (Fsp3) is 0.385. The number of aliphatic hydroxyl groups is 2. The van der Waals surface area contributed by atoms with E-state index in [4.69, 9.17) is 4.74 Å². The molecule has 1 rings (SSSR count). The van der Waals surface area contributed by atoms with Gasteiger partial charge in [-0.1, -0.05) is 6.07 Å². The van der Waals surface area contributed by atoms with Crippen LogP contribution in [-0.2, 0) is 4.79 Å². The number of phenolic OH excluding ortho intramolecular Hbond substituents is 1. The number of hydrogen-bond acceptors (Lipinski definition) is 6. The minimum absolute atomic E-state index is 0.0520. The van der Waals surface area contributed by atoms with Crippen LogP contribution in [0, 0.1) is 0 Å². The second kappa shape index (κ2) is 6.88. The molecule has 1 aromatic rings. The first-order valence-electron chi connectivity index (χ1n) is 5.88. The average molecular weight is 283 g/mol. The number of carbonyl (C=O) groups excluding carboxylic acids is 2. The number of hydrogen-bond donors (Lipinski definition) is 4. The van der Waals surface area contributed by atoms with Crippen LogP contribution in [0.5, 0.6) is 11.5 Å². The summed E-state index contributed by atoms with van der Waals surface area (Å²) in [5, 5.41) is 31.9. The van der Waals surface area contributed by atoms with Gasteiger partial charge in [-0.25, -0.2) is 0 Å². The molecule has 0 radical (unpaired) electrons. The Labute approximate surface area is 115 Å². The maximum atomic E-state index is 11.0. The molecule has 0 spiro atoms. The van der Waals surface area contributed by atoms with Crippen molar-refractivity contribution in [2.24, 2.45) is 0 Å². The third-order valence-electron chi connectivity index (χ3n) is 2.79. The Morgan fingerprint density at radius 1 is 1.45 bits per heavy atom. The molecule has 0 heterocycles. The van der Waals surface area contributed by atoms with Crippen LogP contribution in [0.25, 0.3) is 0 Å². The van der Waals surface area contributed by atoms with Crippen molar-refractivity contribution in [3.8, 4) is 11.5 Å². The number of aliphatic hydroxyl groups excluding tert-OH is 2. The van der Waals surface area contributed by atoms with Gasteiger partial charge in [-0.15, -0.1) is 0 Å². The molecule has 1 aromatic carbocycles. The fourth-order valence-corrected chi connectivity index (χ4v) is 1.72. The van der Waals surface area contributed by atoms with E-state index in [9.17, 15) is 24.9 Å². The normalized spacial score (nSPS) is 13.4. The van der Waals surface area contributed by atoms with Crippen LogP contribution in [0.3, 0.4) is 0 Å². The molecule has 0 saturated carbocycles. The maximum Gasteiger partial charge on any atom is 0.216 e. The lowest BCUT2D eigenvalue weighted by atomic mass is 9.98. The summed E-state index contributed by atoms with van der Waals surface area (Å²) in [6.45, 7) is 1.09. The molecular formula is C13H17NO6. The first-order valence-corrected chi connectivity index (χ1v) is 5.88. The summed E-state index contributed by atoms with van der Waals surface area (Å²) < 4.78 is 4.85. The monoisotopic (exact) mass is 283 g/mol. The highest BCUT2D eigenvalue weighted by molar-refractivity contribution is 5.83. The molecule has 0 bridgehead atoms. The van der Waals surface area contributed by atoms with E-state index in [1.165, 1.54) is 26.2 Å². The second-order valence-electron chi connectivity index (χ2n) is 4.19. The van der Waals surface area contributed by atoms with Gasteiger partial charge in [-0.05, 0) is 11.6 Å². The molecule has 2 atom stereocenters. The molecular weight excluding hydrogens is 266 g/mol. The lowest BCUT2D eigenvalue weighted by Crippen LogP contribution is -2.34. The van der Waals surface area contributed by atoms with Gasteiger partial charge in [0.15, 0.2) is 17.8 Å². The topological polar surface area (TPSA) is 116 Å². The number of amides is 1. The molecule has 2 unspecified atom stereocenters. The summed E-state index contributed by atoms with van der Waals surface area (Å²) in [6.07, 6.45) is -2.38. The Morgan fingerprint density at radius 3 is 2.60 bits per heavy atom. The Hall–Kier alpha value is -2.12. The van der Waals surface area contributed by atoms with Gasteiger partial charge < -0.3 is 25.4 Å². The van der Waals surface area contributed by atoms with Gasteiger partial charge in [0.2, 0.25) is 5.91 Å². The largest absolute Gasteiger partial charge is 0.504 e. The molecule has 110 valence electrons. The highest BCUT2D eigenvalue weighted by Crippen LogP contribution is 2.34. The van der Waals surface area contributed by atoms with Gasteiger partial charge in [0.05, 0.1) is 12.7 Å². The van der Waals surface area contributed by atoms with Crippen LogP contribution in [-0.4, -0.2) is 47.3 Å². The van der Waals surface area contributed by atoms with Crippen molar-refractivity contribution in [3.63, 3.8) is 0 Å². The van der Waals surface area contributed by atoms with E-state index >= 15 is 0 Å². The predicted octanol–water partition coefficient (Wildman–Crippen LogP) is -0.256. The van der Waals surface area contributed by atoms with Gasteiger partial charge in [0.25, 0.3) is 0 Å². The van der Waals surface area contributed by atoms with E-state index in [1.54, 1.807) is 0 Å². The molecule has 1 amide bonds. The fourth-order valence-electron chi connectivity index (χ4n) is 1.72. The Morgan fingerprint density at radius 2 is 2.10 bits per heavy atom. The third-order valence-corrected chi connectivity index (χ3v) is 2.79. The maximum absolute atomic E-state index is 11.0. The first kappa shape index (κ1) is 15.9. The van der Waals surface area contributed by atoms with E-state index in [-0.39, 0.29) is 29.3 Å². The SMILES string of the molecule is COc1ccc(C(O)C(O)CNC(C)=O)c(C=O)c1O. The number of benzene rings is 1. The lowest BCUT2D eigenvalue weighted by Gasteiger charge is -2.20. The highest BCUT2D eigenvalue weighted by atomic mass is 16.5. The number of rotatable bonds is 6. The summed E-state index contributed by atoms with van der Waals surface area (Å²) in [4.78, 5) is 21.8. The first-order chi connectivity index (χ1) is 9.42. The van der Waals surface area contributed by atoms with Crippen LogP contribution in [0.15, 0.2) is 12.1 Å². The lowest BCUT2D eigenvalue weighted by molar-refractivity contribution is -0.119. The molecule has 7 heteroatoms. The Bertz CT molecular complexity index is 502. The minimum atomic E-state index is -1.43. The average Bonchev–Trinajstić information content (AvgIpc) is 2.43. The van der Waals surface area contributed by atoms with E-state index < -0.39 is 18.0 Å². The molecule has 0 aromatic heterocycles.